The molecule has 7 heteroatoms. The largest absolute Gasteiger partial charge is 0.443 e. The fraction of sp³-hybridized carbons (Fsp3) is 0.529. The molecule has 1 aromatic rings. The third-order valence-corrected chi connectivity index (χ3v) is 4.01. The summed E-state index contributed by atoms with van der Waals surface area (Å²) in [4.78, 5) is 25.9. The van der Waals surface area contributed by atoms with Gasteiger partial charge in [-0.15, -0.1) is 0 Å². The number of benzene rings is 1. The SMILES string of the molecule is CC(C)(C)OC(=O)N(Cc1cc(I)ccc1Br)C(=O)OC(C)(C)C. The van der Waals surface area contributed by atoms with Gasteiger partial charge in [0.1, 0.15) is 11.2 Å². The van der Waals surface area contributed by atoms with Gasteiger partial charge in [-0.05, 0) is 87.9 Å². The van der Waals surface area contributed by atoms with Gasteiger partial charge < -0.3 is 9.47 Å². The van der Waals surface area contributed by atoms with Gasteiger partial charge in [0, 0.05) is 8.04 Å². The third kappa shape index (κ3) is 7.38. The van der Waals surface area contributed by atoms with Crippen molar-refractivity contribution >= 4 is 50.7 Å². The van der Waals surface area contributed by atoms with Crippen molar-refractivity contribution in [1.82, 2.24) is 4.90 Å². The highest BCUT2D eigenvalue weighted by molar-refractivity contribution is 14.1. The smallest absolute Gasteiger partial charge is 0.420 e. The summed E-state index contributed by atoms with van der Waals surface area (Å²) >= 11 is 5.62. The summed E-state index contributed by atoms with van der Waals surface area (Å²) in [7, 11) is 0. The van der Waals surface area contributed by atoms with Crippen molar-refractivity contribution in [2.75, 3.05) is 0 Å². The van der Waals surface area contributed by atoms with Gasteiger partial charge in [-0.2, -0.15) is 0 Å². The molecule has 0 spiro atoms. The molecule has 0 saturated carbocycles. The molecule has 24 heavy (non-hydrogen) atoms. The van der Waals surface area contributed by atoms with E-state index in [0.717, 1.165) is 18.5 Å². The van der Waals surface area contributed by atoms with Crippen molar-refractivity contribution in [3.8, 4) is 0 Å². The number of imide groups is 1. The van der Waals surface area contributed by atoms with Crippen LogP contribution in [0, 0.1) is 3.57 Å². The minimum absolute atomic E-state index is 0.0568. The van der Waals surface area contributed by atoms with E-state index < -0.39 is 23.4 Å². The Morgan fingerprint density at radius 3 is 1.92 bits per heavy atom. The highest BCUT2D eigenvalue weighted by Crippen LogP contribution is 2.23. The zero-order chi connectivity index (χ0) is 18.7. The van der Waals surface area contributed by atoms with Gasteiger partial charge in [0.25, 0.3) is 0 Å². The van der Waals surface area contributed by atoms with Crippen molar-refractivity contribution in [3.63, 3.8) is 0 Å². The normalized spacial score (nSPS) is 11.8. The molecule has 0 aliphatic rings. The molecule has 1 aromatic carbocycles. The van der Waals surface area contributed by atoms with E-state index in [1.807, 2.05) is 18.2 Å². The Morgan fingerprint density at radius 1 is 1.04 bits per heavy atom. The number of carbonyl (C=O) groups excluding carboxylic acids is 2. The van der Waals surface area contributed by atoms with Gasteiger partial charge in [-0.25, -0.2) is 14.5 Å². The Morgan fingerprint density at radius 2 is 1.50 bits per heavy atom. The van der Waals surface area contributed by atoms with Crippen LogP contribution < -0.4 is 0 Å². The Labute approximate surface area is 165 Å². The fourth-order valence-electron chi connectivity index (χ4n) is 1.67. The summed E-state index contributed by atoms with van der Waals surface area (Å²) in [5.41, 5.74) is -0.627. The lowest BCUT2D eigenvalue weighted by molar-refractivity contribution is -0.000280. The van der Waals surface area contributed by atoms with Crippen LogP contribution in [0.5, 0.6) is 0 Å². The summed E-state index contributed by atoms with van der Waals surface area (Å²) < 4.78 is 12.5. The maximum Gasteiger partial charge on any atom is 0.420 e. The lowest BCUT2D eigenvalue weighted by Gasteiger charge is -2.28. The van der Waals surface area contributed by atoms with Crippen molar-refractivity contribution < 1.29 is 19.1 Å². The van der Waals surface area contributed by atoms with E-state index in [1.165, 1.54) is 0 Å². The third-order valence-electron chi connectivity index (χ3n) is 2.56. The molecule has 2 amide bonds. The van der Waals surface area contributed by atoms with Crippen LogP contribution in [0.1, 0.15) is 47.1 Å². The molecule has 5 nitrogen and oxygen atoms in total. The maximum atomic E-state index is 12.5. The monoisotopic (exact) mass is 511 g/mol. The summed E-state index contributed by atoms with van der Waals surface area (Å²) in [6.45, 7) is 10.6. The molecule has 0 atom stereocenters. The molecule has 0 unspecified atom stereocenters. The van der Waals surface area contributed by atoms with Crippen LogP contribution in [-0.2, 0) is 16.0 Å². The van der Waals surface area contributed by atoms with E-state index in [4.69, 9.17) is 9.47 Å². The fourth-order valence-corrected chi connectivity index (χ4v) is 2.60. The molecule has 134 valence electrons. The van der Waals surface area contributed by atoms with Crippen molar-refractivity contribution in [2.24, 2.45) is 0 Å². The van der Waals surface area contributed by atoms with Crippen LogP contribution >= 0.6 is 38.5 Å². The van der Waals surface area contributed by atoms with Crippen LogP contribution in [0.4, 0.5) is 9.59 Å². The molecular formula is C17H23BrINO4. The molecule has 0 aliphatic heterocycles. The van der Waals surface area contributed by atoms with Crippen molar-refractivity contribution in [2.45, 2.75) is 59.3 Å². The quantitative estimate of drug-likeness (QED) is 0.476. The highest BCUT2D eigenvalue weighted by atomic mass is 127. The average Bonchev–Trinajstić information content (AvgIpc) is 2.35. The Balaban J connectivity index is 3.10. The lowest BCUT2D eigenvalue weighted by Crippen LogP contribution is -2.43. The summed E-state index contributed by atoms with van der Waals surface area (Å²) in [6.07, 6.45) is -1.47. The van der Waals surface area contributed by atoms with E-state index >= 15 is 0 Å². The molecule has 0 N–H and O–H groups in total. The zero-order valence-electron chi connectivity index (χ0n) is 14.8. The molecule has 0 saturated heterocycles. The van der Waals surface area contributed by atoms with Gasteiger partial charge in [0.05, 0.1) is 6.54 Å². The minimum Gasteiger partial charge on any atom is -0.443 e. The first-order valence-electron chi connectivity index (χ1n) is 7.46. The van der Waals surface area contributed by atoms with Crippen LogP contribution in [0.2, 0.25) is 0 Å². The van der Waals surface area contributed by atoms with Crippen LogP contribution in [-0.4, -0.2) is 28.3 Å². The summed E-state index contributed by atoms with van der Waals surface area (Å²) in [6, 6.07) is 5.70. The molecule has 0 aliphatic carbocycles. The van der Waals surface area contributed by atoms with Gasteiger partial charge in [0.15, 0.2) is 0 Å². The Bertz CT molecular complexity index is 592. The molecule has 0 fully saturated rings. The van der Waals surface area contributed by atoms with Crippen molar-refractivity contribution in [3.05, 3.63) is 31.8 Å². The number of rotatable bonds is 2. The number of hydrogen-bond donors (Lipinski definition) is 0. The topological polar surface area (TPSA) is 55.8 Å². The van der Waals surface area contributed by atoms with Gasteiger partial charge in [0.2, 0.25) is 0 Å². The molecule has 1 rings (SSSR count). The minimum atomic E-state index is -0.734. The standard InChI is InChI=1S/C17H23BrINO4/c1-16(2,3)23-14(21)20(15(22)24-17(4,5)6)10-11-9-12(19)7-8-13(11)18/h7-9H,10H2,1-6H3. The molecule has 0 aromatic heterocycles. The number of ether oxygens (including phenoxy) is 2. The second-order valence-corrected chi connectivity index (χ2v) is 9.38. The number of nitrogens with zero attached hydrogens (tertiary/aromatic N) is 1. The highest BCUT2D eigenvalue weighted by Gasteiger charge is 2.31. The first kappa shape index (κ1) is 21.2. The molecule has 0 radical (unpaired) electrons. The average molecular weight is 512 g/mol. The van der Waals surface area contributed by atoms with E-state index in [9.17, 15) is 9.59 Å². The predicted molar refractivity (Wildman–Crippen MR) is 105 cm³/mol. The number of hydrogen-bond acceptors (Lipinski definition) is 4. The van der Waals surface area contributed by atoms with E-state index in [1.54, 1.807) is 41.5 Å². The predicted octanol–water partition coefficient (Wildman–Crippen LogP) is 5.73. The molecule has 0 heterocycles. The lowest BCUT2D eigenvalue weighted by atomic mass is 10.2. The number of halogens is 2. The maximum absolute atomic E-state index is 12.5. The first-order chi connectivity index (χ1) is 10.8. The number of amides is 2. The zero-order valence-corrected chi connectivity index (χ0v) is 18.5. The second kappa shape index (κ2) is 8.03. The van der Waals surface area contributed by atoms with E-state index in [0.29, 0.717) is 0 Å². The first-order valence-corrected chi connectivity index (χ1v) is 9.33. The summed E-state index contributed by atoms with van der Waals surface area (Å²) in [5.74, 6) is 0. The van der Waals surface area contributed by atoms with Crippen LogP contribution in [0.25, 0.3) is 0 Å². The van der Waals surface area contributed by atoms with Crippen molar-refractivity contribution in [1.29, 1.82) is 0 Å². The van der Waals surface area contributed by atoms with Gasteiger partial charge in [-0.3, -0.25) is 0 Å². The summed E-state index contributed by atoms with van der Waals surface area (Å²) in [5, 5.41) is 0. The van der Waals surface area contributed by atoms with Gasteiger partial charge in [-0.1, -0.05) is 15.9 Å². The Kier molecular flexibility index (Phi) is 7.10. The van der Waals surface area contributed by atoms with E-state index in [-0.39, 0.29) is 6.54 Å². The van der Waals surface area contributed by atoms with Crippen LogP contribution in [0.15, 0.2) is 22.7 Å². The van der Waals surface area contributed by atoms with E-state index in [2.05, 4.69) is 38.5 Å². The number of carbonyl (C=O) groups is 2. The Hall–Kier alpha value is -0.830. The van der Waals surface area contributed by atoms with Crippen LogP contribution in [0.3, 0.4) is 0 Å². The second-order valence-electron chi connectivity index (χ2n) is 7.28. The molecular weight excluding hydrogens is 489 g/mol. The molecule has 0 bridgehead atoms. The van der Waals surface area contributed by atoms with Gasteiger partial charge >= 0.3 is 12.2 Å².